The first kappa shape index (κ1) is 10.2. The molecule has 0 fully saturated rings. The molecular formula is C7H17N2O2+. The first-order chi connectivity index (χ1) is 5.20. The smallest absolute Gasteiger partial charge is 0.436 e. The van der Waals surface area contributed by atoms with Crippen molar-refractivity contribution >= 4 is 6.08 Å². The maximum Gasteiger partial charge on any atom is 0.436 e. The van der Waals surface area contributed by atoms with Gasteiger partial charge in [0.25, 0.3) is 0 Å². The Labute approximate surface area is 67.8 Å². The molecule has 0 aromatic carbocycles. The van der Waals surface area contributed by atoms with E-state index in [1.165, 1.54) is 0 Å². The standard InChI is InChI=1S/C7H16N2O2/c1-5-10-7(11-6-2)8-9(3)4/h5-6H2,1-4H3/p+1. The Kier molecular flexibility index (Phi) is 5.56. The van der Waals surface area contributed by atoms with E-state index < -0.39 is 0 Å². The monoisotopic (exact) mass is 161 g/mol. The van der Waals surface area contributed by atoms with Crippen LogP contribution in [0.1, 0.15) is 13.8 Å². The van der Waals surface area contributed by atoms with Gasteiger partial charge in [-0.1, -0.05) is 0 Å². The average Bonchev–Trinajstić information content (AvgIpc) is 1.87. The van der Waals surface area contributed by atoms with Crippen LogP contribution < -0.4 is 5.01 Å². The van der Waals surface area contributed by atoms with Crippen LogP contribution in [0.5, 0.6) is 0 Å². The number of ether oxygens (including phenoxy) is 2. The number of rotatable bonds is 3. The molecule has 0 amide bonds. The molecule has 0 aliphatic heterocycles. The summed E-state index contributed by atoms with van der Waals surface area (Å²) in [6.07, 6.45) is 0.370. The first-order valence-electron chi connectivity index (χ1n) is 3.85. The van der Waals surface area contributed by atoms with E-state index in [2.05, 4.69) is 5.10 Å². The molecule has 0 heterocycles. The van der Waals surface area contributed by atoms with Gasteiger partial charge in [-0.15, -0.1) is 0 Å². The quantitative estimate of drug-likeness (QED) is 0.343. The Morgan fingerprint density at radius 2 is 1.64 bits per heavy atom. The van der Waals surface area contributed by atoms with E-state index >= 15 is 0 Å². The van der Waals surface area contributed by atoms with Crippen LogP contribution in [0.2, 0.25) is 0 Å². The number of nitrogens with zero attached hydrogens (tertiary/aromatic N) is 1. The zero-order valence-electron chi connectivity index (χ0n) is 7.68. The van der Waals surface area contributed by atoms with Gasteiger partial charge >= 0.3 is 6.08 Å². The number of quaternary nitrogens is 1. The van der Waals surface area contributed by atoms with E-state index in [1.807, 2.05) is 27.9 Å². The molecule has 0 aliphatic carbocycles. The predicted octanol–water partition coefficient (Wildman–Crippen LogP) is -0.525. The SMILES string of the molecule is CCOC(=N[NH+](C)C)OCC. The van der Waals surface area contributed by atoms with Crippen LogP contribution in [0.3, 0.4) is 0 Å². The Morgan fingerprint density at radius 3 is 1.91 bits per heavy atom. The summed E-state index contributed by atoms with van der Waals surface area (Å²) in [4.78, 5) is 0. The van der Waals surface area contributed by atoms with E-state index in [0.717, 1.165) is 5.01 Å². The first-order valence-corrected chi connectivity index (χ1v) is 3.85. The summed E-state index contributed by atoms with van der Waals surface area (Å²) in [6, 6.07) is 0. The third-order valence-electron chi connectivity index (χ3n) is 0.851. The van der Waals surface area contributed by atoms with Crippen LogP contribution in [-0.4, -0.2) is 33.4 Å². The van der Waals surface area contributed by atoms with Crippen LogP contribution in [-0.2, 0) is 9.47 Å². The molecule has 66 valence electrons. The molecule has 0 spiro atoms. The molecule has 4 nitrogen and oxygen atoms in total. The minimum Gasteiger partial charge on any atom is -0.448 e. The van der Waals surface area contributed by atoms with Gasteiger partial charge in [0.15, 0.2) is 0 Å². The molecule has 0 aromatic rings. The average molecular weight is 161 g/mol. The van der Waals surface area contributed by atoms with E-state index in [9.17, 15) is 0 Å². The van der Waals surface area contributed by atoms with Gasteiger partial charge in [-0.25, -0.2) is 5.01 Å². The van der Waals surface area contributed by atoms with E-state index in [4.69, 9.17) is 9.47 Å². The van der Waals surface area contributed by atoms with Crippen LogP contribution in [0, 0.1) is 0 Å². The molecular weight excluding hydrogens is 144 g/mol. The van der Waals surface area contributed by atoms with Crippen LogP contribution in [0.4, 0.5) is 0 Å². The minimum absolute atomic E-state index is 0.370. The Hall–Kier alpha value is -0.770. The summed E-state index contributed by atoms with van der Waals surface area (Å²) in [5.74, 6) is 0. The summed E-state index contributed by atoms with van der Waals surface area (Å²) in [5.41, 5.74) is 0. The highest BCUT2D eigenvalue weighted by Crippen LogP contribution is 1.82. The number of hydrogen-bond acceptors (Lipinski definition) is 3. The predicted molar refractivity (Wildman–Crippen MR) is 43.5 cm³/mol. The lowest BCUT2D eigenvalue weighted by molar-refractivity contribution is -0.866. The van der Waals surface area contributed by atoms with E-state index in [1.54, 1.807) is 0 Å². The van der Waals surface area contributed by atoms with Crippen molar-refractivity contribution in [2.75, 3.05) is 27.3 Å². The van der Waals surface area contributed by atoms with Crippen molar-refractivity contribution in [1.29, 1.82) is 0 Å². The van der Waals surface area contributed by atoms with Crippen molar-refractivity contribution in [3.8, 4) is 0 Å². The zero-order valence-corrected chi connectivity index (χ0v) is 7.68. The summed E-state index contributed by atoms with van der Waals surface area (Å²) >= 11 is 0. The van der Waals surface area contributed by atoms with Crippen molar-refractivity contribution < 1.29 is 14.5 Å². The molecule has 1 N–H and O–H groups in total. The topological polar surface area (TPSA) is 35.3 Å². The van der Waals surface area contributed by atoms with Crippen molar-refractivity contribution in [3.63, 3.8) is 0 Å². The number of hydrogen-bond donors (Lipinski definition) is 1. The molecule has 4 heteroatoms. The van der Waals surface area contributed by atoms with Crippen LogP contribution in [0.15, 0.2) is 5.10 Å². The Balaban J connectivity index is 3.86. The fourth-order valence-corrected chi connectivity index (χ4v) is 0.536. The highest BCUT2D eigenvalue weighted by atomic mass is 16.7. The van der Waals surface area contributed by atoms with Crippen molar-refractivity contribution in [2.24, 2.45) is 5.10 Å². The lowest BCUT2D eigenvalue weighted by Gasteiger charge is -2.06. The molecule has 0 aliphatic rings. The second kappa shape index (κ2) is 5.97. The molecule has 0 radical (unpaired) electrons. The normalized spacial score (nSPS) is 9.55. The van der Waals surface area contributed by atoms with Gasteiger partial charge in [0.05, 0.1) is 27.3 Å². The minimum atomic E-state index is 0.370. The molecule has 0 atom stereocenters. The zero-order chi connectivity index (χ0) is 8.69. The van der Waals surface area contributed by atoms with E-state index in [0.29, 0.717) is 19.3 Å². The highest BCUT2D eigenvalue weighted by molar-refractivity contribution is 5.65. The van der Waals surface area contributed by atoms with Gasteiger partial charge in [0, 0.05) is 0 Å². The van der Waals surface area contributed by atoms with Gasteiger partial charge < -0.3 is 9.47 Å². The summed E-state index contributed by atoms with van der Waals surface area (Å²) in [6.45, 7) is 4.98. The van der Waals surface area contributed by atoms with Gasteiger partial charge in [0.1, 0.15) is 0 Å². The summed E-state index contributed by atoms with van der Waals surface area (Å²) in [5, 5.41) is 4.98. The number of nitrogens with one attached hydrogen (secondary N) is 1. The largest absolute Gasteiger partial charge is 0.448 e. The fraction of sp³-hybridized carbons (Fsp3) is 0.857. The third-order valence-corrected chi connectivity index (χ3v) is 0.851. The molecule has 0 saturated carbocycles. The van der Waals surface area contributed by atoms with E-state index in [-0.39, 0.29) is 0 Å². The Morgan fingerprint density at radius 1 is 1.18 bits per heavy atom. The van der Waals surface area contributed by atoms with Gasteiger partial charge in [-0.3, -0.25) is 0 Å². The lowest BCUT2D eigenvalue weighted by atomic mass is 10.8. The van der Waals surface area contributed by atoms with Crippen molar-refractivity contribution in [2.45, 2.75) is 13.8 Å². The summed E-state index contributed by atoms with van der Waals surface area (Å²) in [7, 11) is 3.80. The second-order valence-corrected chi connectivity index (χ2v) is 2.19. The van der Waals surface area contributed by atoms with Crippen molar-refractivity contribution in [1.82, 2.24) is 0 Å². The third kappa shape index (κ3) is 5.66. The summed E-state index contributed by atoms with van der Waals surface area (Å²) < 4.78 is 10.2. The molecule has 0 aromatic heterocycles. The second-order valence-electron chi connectivity index (χ2n) is 2.19. The highest BCUT2D eigenvalue weighted by Gasteiger charge is 2.01. The molecule has 0 rings (SSSR count). The molecule has 11 heavy (non-hydrogen) atoms. The maximum absolute atomic E-state index is 5.10. The van der Waals surface area contributed by atoms with Crippen molar-refractivity contribution in [3.05, 3.63) is 0 Å². The van der Waals surface area contributed by atoms with Crippen LogP contribution in [0.25, 0.3) is 0 Å². The van der Waals surface area contributed by atoms with Gasteiger partial charge in [-0.2, -0.15) is 0 Å². The lowest BCUT2D eigenvalue weighted by Crippen LogP contribution is -3.00. The van der Waals surface area contributed by atoms with Gasteiger partial charge in [-0.05, 0) is 18.9 Å². The maximum atomic E-state index is 5.10. The molecule has 0 unspecified atom stereocenters. The molecule has 0 bridgehead atoms. The van der Waals surface area contributed by atoms with Crippen LogP contribution >= 0.6 is 0 Å². The van der Waals surface area contributed by atoms with Gasteiger partial charge in [0.2, 0.25) is 0 Å². The Bertz CT molecular complexity index is 116. The fourth-order valence-electron chi connectivity index (χ4n) is 0.536. The molecule has 0 saturated heterocycles.